The van der Waals surface area contributed by atoms with E-state index in [9.17, 15) is 0 Å². The predicted octanol–water partition coefficient (Wildman–Crippen LogP) is 9.54. The summed E-state index contributed by atoms with van der Waals surface area (Å²) in [6.45, 7) is 13.0. The molecule has 0 aliphatic carbocycles. The number of nitrogens with zero attached hydrogens (tertiary/aromatic N) is 1. The molecule has 12 nitrogen and oxygen atoms in total. The maximum Gasteiger partial charge on any atom is 0.664 e. The van der Waals surface area contributed by atoms with Crippen LogP contribution in [0.25, 0.3) is 0 Å². The van der Waals surface area contributed by atoms with Crippen molar-refractivity contribution in [1.29, 1.82) is 0 Å². The maximum atomic E-state index is 7.24. The molecule has 0 amide bonds. The first-order valence-corrected chi connectivity index (χ1v) is 34.8. The third-order valence-electron chi connectivity index (χ3n) is 13.1. The molecule has 18 heteroatoms. The number of quaternary nitrogens is 1. The Morgan fingerprint density at radius 1 is 0.610 bits per heavy atom. The van der Waals surface area contributed by atoms with Crippen molar-refractivity contribution in [1.82, 2.24) is 0 Å². The molecule has 59 heavy (non-hydrogen) atoms. The van der Waals surface area contributed by atoms with Gasteiger partial charge in [0.05, 0.1) is 27.2 Å². The molecule has 0 radical (unpaired) electrons. The summed E-state index contributed by atoms with van der Waals surface area (Å²) in [5.74, 6) is 0. The van der Waals surface area contributed by atoms with E-state index < -0.39 is 52.6 Å². The van der Waals surface area contributed by atoms with Crippen LogP contribution >= 0.6 is 0 Å². The van der Waals surface area contributed by atoms with E-state index in [4.69, 9.17) is 46.8 Å². The summed E-state index contributed by atoms with van der Waals surface area (Å²) >= 11 is 0. The highest BCUT2D eigenvalue weighted by atomic mass is 28.6. The number of unbranched alkanes of at least 4 members (excludes halogenated alkanes) is 15. The van der Waals surface area contributed by atoms with E-state index in [0.717, 1.165) is 29.2 Å². The van der Waals surface area contributed by atoms with Crippen molar-refractivity contribution in [3.8, 4) is 0 Å². The third kappa shape index (κ3) is 13.1. The SMILES string of the molecule is CCCCCCCCCCCCCCCCCC[N+](C)(C)CCC[Si](OC)(O[Si](OC)(OC)O[Si]1(OC)O[Si]23O[Si](OC)(O2)[C@@H](C)[C@H]3[C@H]1C)O[Si](C)(C)c1ccccc1. The highest BCUT2D eigenvalue weighted by Gasteiger charge is 2.91. The summed E-state index contributed by atoms with van der Waals surface area (Å²) in [4.78, 5) is 0. The average molecular weight is 936 g/mol. The van der Waals surface area contributed by atoms with Crippen molar-refractivity contribution in [2.45, 2.75) is 166 Å². The number of hydrogen-bond acceptors (Lipinski definition) is 11. The molecule has 0 saturated carbocycles. The van der Waals surface area contributed by atoms with E-state index >= 15 is 0 Å². The van der Waals surface area contributed by atoms with Gasteiger partial charge in [0.15, 0.2) is 0 Å². The Kier molecular flexibility index (Phi) is 20.4. The van der Waals surface area contributed by atoms with E-state index in [2.05, 4.69) is 72.2 Å². The Bertz CT molecular complexity index is 1360. The van der Waals surface area contributed by atoms with Crippen LogP contribution in [0, 0.1) is 0 Å². The van der Waals surface area contributed by atoms with Gasteiger partial charge in [-0.15, -0.1) is 0 Å². The lowest BCUT2D eigenvalue weighted by molar-refractivity contribution is -0.890. The molecule has 1 spiro atoms. The summed E-state index contributed by atoms with van der Waals surface area (Å²) in [7, 11) is -6.82. The normalized spacial score (nSPS) is 27.8. The van der Waals surface area contributed by atoms with E-state index in [1.54, 1.807) is 35.5 Å². The fourth-order valence-corrected chi connectivity index (χ4v) is 40.2. The first-order valence-electron chi connectivity index (χ1n) is 22.9. The monoisotopic (exact) mass is 934 g/mol. The molecular weight excluding hydrogens is 851 g/mol. The summed E-state index contributed by atoms with van der Waals surface area (Å²) in [5, 5.41) is 1.15. The first kappa shape index (κ1) is 51.7. The Hall–Kier alpha value is 0.0413. The van der Waals surface area contributed by atoms with Gasteiger partial charge in [-0.1, -0.05) is 141 Å². The summed E-state index contributed by atoms with van der Waals surface area (Å²) in [6.07, 6.45) is 22.9. The van der Waals surface area contributed by atoms with Crippen LogP contribution < -0.4 is 5.19 Å². The van der Waals surface area contributed by atoms with Crippen LogP contribution in [-0.4, -0.2) is 120 Å². The van der Waals surface area contributed by atoms with Gasteiger partial charge in [0.1, 0.15) is 0 Å². The molecule has 4 saturated heterocycles. The van der Waals surface area contributed by atoms with Gasteiger partial charge in [0, 0.05) is 64.6 Å². The summed E-state index contributed by atoms with van der Waals surface area (Å²) in [5.41, 5.74) is -0.0848. The van der Waals surface area contributed by atoms with Gasteiger partial charge in [0.2, 0.25) is 8.32 Å². The molecule has 4 fully saturated rings. The molecule has 0 aromatic heterocycles. The smallest absolute Gasteiger partial charge is 0.412 e. The quantitative estimate of drug-likeness (QED) is 0.0383. The average Bonchev–Trinajstić information content (AvgIpc) is 3.71. The lowest BCUT2D eigenvalue weighted by atomic mass is 10.0. The van der Waals surface area contributed by atoms with Crippen LogP contribution in [0.1, 0.15) is 130 Å². The number of rotatable bonds is 33. The van der Waals surface area contributed by atoms with Gasteiger partial charge >= 0.3 is 44.3 Å². The lowest BCUT2D eigenvalue weighted by Gasteiger charge is -2.45. The van der Waals surface area contributed by atoms with Crippen molar-refractivity contribution in [2.75, 3.05) is 62.7 Å². The number of benzene rings is 1. The fraction of sp³-hybridized carbons (Fsp3) is 0.854. The zero-order valence-corrected chi connectivity index (χ0v) is 45.2. The molecule has 2 unspecified atom stereocenters. The van der Waals surface area contributed by atoms with Gasteiger partial charge in [-0.05, 0) is 31.1 Å². The maximum absolute atomic E-state index is 7.24. The molecule has 1 aromatic carbocycles. The standard InChI is InChI=1S/C41H84NO11Si6/c1-13-14-15-16-17-18-19-20-21-22-23-24-25-26-27-31-35-42(4,5)36-32-37-55(43-6,48-54(11,12)40-33-29-28-30-34-40)49-59(46-9,47-10)53-57(45-8)39(3)41-38(2)56(44-7)50-58(41,51-56)52-57/h28-30,33-34,38-39,41H,13-27,31-32,35-37H2,1-12H3/q+1/t38-,39+,41-,55?,56?,57?,58?/m0/s1. The minimum Gasteiger partial charge on any atom is -0.412 e. The fourth-order valence-electron chi connectivity index (χ4n) is 9.42. The Morgan fingerprint density at radius 3 is 1.58 bits per heavy atom. The van der Waals surface area contributed by atoms with Gasteiger partial charge in [0.25, 0.3) is 0 Å². The van der Waals surface area contributed by atoms with Crippen LogP contribution in [0.2, 0.25) is 35.8 Å². The highest BCUT2D eigenvalue weighted by Crippen LogP contribution is 2.71. The first-order chi connectivity index (χ1) is 28.1. The van der Waals surface area contributed by atoms with Crippen molar-refractivity contribution in [3.63, 3.8) is 0 Å². The van der Waals surface area contributed by atoms with Crippen molar-refractivity contribution < 1.29 is 51.3 Å². The molecule has 4 heterocycles. The summed E-state index contributed by atoms with van der Waals surface area (Å²) < 4.78 is 72.8. The molecule has 4 aliphatic rings. The largest absolute Gasteiger partial charge is 0.664 e. The Balaban J connectivity index is 1.33. The van der Waals surface area contributed by atoms with Crippen LogP contribution in [0.5, 0.6) is 0 Å². The highest BCUT2D eigenvalue weighted by molar-refractivity contribution is 7.01. The van der Waals surface area contributed by atoms with E-state index in [1.807, 2.05) is 6.07 Å². The molecule has 5 atom stereocenters. The number of hydrogen-bond donors (Lipinski definition) is 0. The zero-order chi connectivity index (χ0) is 43.3. The Labute approximate surface area is 366 Å². The molecule has 5 rings (SSSR count). The molecule has 342 valence electrons. The second-order valence-corrected chi connectivity index (χ2v) is 37.9. The van der Waals surface area contributed by atoms with Gasteiger partial charge in [-0.2, -0.15) is 0 Å². The molecule has 2 bridgehead atoms. The van der Waals surface area contributed by atoms with Crippen LogP contribution in [0.15, 0.2) is 30.3 Å². The van der Waals surface area contributed by atoms with Crippen LogP contribution in [-0.2, 0) is 46.8 Å². The predicted molar refractivity (Wildman–Crippen MR) is 247 cm³/mol. The second-order valence-electron chi connectivity index (χ2n) is 18.4. The molecule has 0 N–H and O–H groups in total. The van der Waals surface area contributed by atoms with Crippen LogP contribution in [0.3, 0.4) is 0 Å². The van der Waals surface area contributed by atoms with E-state index in [0.29, 0.717) is 6.04 Å². The van der Waals surface area contributed by atoms with Gasteiger partial charge in [-0.25, -0.2) is 0 Å². The van der Waals surface area contributed by atoms with Crippen molar-refractivity contribution >= 4 is 57.8 Å². The minimum absolute atomic E-state index is 0.000569. The van der Waals surface area contributed by atoms with E-state index in [1.165, 1.54) is 103 Å². The second kappa shape index (κ2) is 23.3. The molecule has 1 aromatic rings. The van der Waals surface area contributed by atoms with Crippen molar-refractivity contribution in [3.05, 3.63) is 30.3 Å². The lowest BCUT2D eigenvalue weighted by Crippen LogP contribution is -2.71. The molecular formula is C41H84NO11Si6+. The minimum atomic E-state index is -4.03. The Morgan fingerprint density at radius 2 is 1.12 bits per heavy atom. The van der Waals surface area contributed by atoms with Crippen LogP contribution in [0.4, 0.5) is 0 Å². The molecule has 4 aliphatic heterocycles. The van der Waals surface area contributed by atoms with Gasteiger partial charge in [-0.3, -0.25) is 0 Å². The summed E-state index contributed by atoms with van der Waals surface area (Å²) in [6, 6.07) is 10.9. The topological polar surface area (TPSA) is 102 Å². The van der Waals surface area contributed by atoms with Crippen molar-refractivity contribution in [2.24, 2.45) is 0 Å². The van der Waals surface area contributed by atoms with Gasteiger partial charge < -0.3 is 51.3 Å². The third-order valence-corrected chi connectivity index (χ3v) is 38.5. The van der Waals surface area contributed by atoms with E-state index in [-0.39, 0.29) is 16.6 Å². The zero-order valence-electron chi connectivity index (χ0n) is 39.2.